The molecule has 1 fully saturated rings. The molecule has 1 saturated heterocycles. The maximum absolute atomic E-state index is 13.1. The van der Waals surface area contributed by atoms with Crippen molar-refractivity contribution in [2.75, 3.05) is 25.4 Å². The molecule has 0 amide bonds. The molecule has 2 aromatic carbocycles. The fourth-order valence-electron chi connectivity index (χ4n) is 3.30. The summed E-state index contributed by atoms with van der Waals surface area (Å²) >= 11 is 0. The Morgan fingerprint density at radius 1 is 1.00 bits per heavy atom. The number of hydrogen-bond donors (Lipinski definition) is 0. The number of nitrogens with zero attached hydrogens (tertiary/aromatic N) is 1. The van der Waals surface area contributed by atoms with Gasteiger partial charge in [0, 0.05) is 13.1 Å². The average molecular weight is 442 g/mol. The molecular weight excluding hydrogens is 417 g/mol. The lowest BCUT2D eigenvalue weighted by atomic mass is 10.2. The van der Waals surface area contributed by atoms with E-state index in [4.69, 9.17) is 4.74 Å². The fourth-order valence-corrected chi connectivity index (χ4v) is 6.71. The smallest absolute Gasteiger partial charge is 0.214 e. The van der Waals surface area contributed by atoms with Crippen molar-refractivity contribution in [1.29, 1.82) is 0 Å². The number of halogens is 1. The van der Waals surface area contributed by atoms with E-state index in [1.807, 2.05) is 18.2 Å². The topological polar surface area (TPSA) is 80.8 Å². The number of benzene rings is 2. The van der Waals surface area contributed by atoms with Crippen LogP contribution in [0.5, 0.6) is 5.75 Å². The second-order valence-electron chi connectivity index (χ2n) is 6.95. The van der Waals surface area contributed by atoms with Crippen LogP contribution < -0.4 is 4.74 Å². The van der Waals surface area contributed by atoms with E-state index >= 15 is 0 Å². The van der Waals surface area contributed by atoms with E-state index in [1.54, 1.807) is 12.1 Å². The van der Waals surface area contributed by atoms with Crippen LogP contribution in [0.3, 0.4) is 0 Å². The maximum Gasteiger partial charge on any atom is 0.214 e. The van der Waals surface area contributed by atoms with Gasteiger partial charge in [0.25, 0.3) is 0 Å². The van der Waals surface area contributed by atoms with Crippen LogP contribution in [0, 0.1) is 5.82 Å². The molecule has 0 saturated carbocycles. The fraction of sp³-hybridized carbons (Fsp3) is 0.400. The zero-order valence-corrected chi connectivity index (χ0v) is 17.5. The third-order valence-corrected chi connectivity index (χ3v) is 8.99. The van der Waals surface area contributed by atoms with Crippen molar-refractivity contribution in [3.05, 3.63) is 60.4 Å². The van der Waals surface area contributed by atoms with Gasteiger partial charge in [-0.2, -0.15) is 0 Å². The monoisotopic (exact) mass is 441 g/mol. The van der Waals surface area contributed by atoms with Crippen LogP contribution in [-0.4, -0.2) is 51.8 Å². The molecule has 0 aliphatic carbocycles. The first-order valence-electron chi connectivity index (χ1n) is 9.44. The zero-order valence-electron chi connectivity index (χ0n) is 15.9. The minimum atomic E-state index is -3.73. The molecule has 9 heteroatoms. The van der Waals surface area contributed by atoms with Gasteiger partial charge in [-0.05, 0) is 55.7 Å². The maximum atomic E-state index is 13.1. The first-order valence-corrected chi connectivity index (χ1v) is 12.6. The van der Waals surface area contributed by atoms with E-state index in [-0.39, 0.29) is 23.8 Å². The van der Waals surface area contributed by atoms with Crippen LogP contribution >= 0.6 is 0 Å². The van der Waals surface area contributed by atoms with Crippen molar-refractivity contribution in [2.24, 2.45) is 0 Å². The van der Waals surface area contributed by atoms with E-state index in [2.05, 4.69) is 0 Å². The molecule has 1 heterocycles. The summed E-state index contributed by atoms with van der Waals surface area (Å²) in [6, 6.07) is 13.8. The van der Waals surface area contributed by atoms with Crippen LogP contribution in [0.25, 0.3) is 0 Å². The molecule has 2 aromatic rings. The van der Waals surface area contributed by atoms with Gasteiger partial charge in [0.15, 0.2) is 9.84 Å². The number of sulfonamides is 1. The minimum Gasteiger partial charge on any atom is -0.494 e. The van der Waals surface area contributed by atoms with Gasteiger partial charge < -0.3 is 4.74 Å². The minimum absolute atomic E-state index is 0.0133. The highest BCUT2D eigenvalue weighted by molar-refractivity contribution is 7.92. The Morgan fingerprint density at radius 3 is 2.38 bits per heavy atom. The molecule has 1 aliphatic heterocycles. The summed E-state index contributed by atoms with van der Waals surface area (Å²) in [5.41, 5.74) is 0. The summed E-state index contributed by atoms with van der Waals surface area (Å²) in [4.78, 5) is 0.0133. The van der Waals surface area contributed by atoms with Gasteiger partial charge in [0.05, 0.1) is 22.5 Å². The van der Waals surface area contributed by atoms with Crippen molar-refractivity contribution < 1.29 is 26.0 Å². The van der Waals surface area contributed by atoms with Crippen LogP contribution in [0.2, 0.25) is 0 Å². The normalized spacial score (nSPS) is 18.4. The highest BCUT2D eigenvalue weighted by Gasteiger charge is 2.36. The molecule has 0 unspecified atom stereocenters. The summed E-state index contributed by atoms with van der Waals surface area (Å²) < 4.78 is 70.9. The number of hydrogen-bond acceptors (Lipinski definition) is 5. The summed E-state index contributed by atoms with van der Waals surface area (Å²) in [6.07, 6.45) is 1.15. The third-order valence-electron chi connectivity index (χ3n) is 4.87. The summed E-state index contributed by atoms with van der Waals surface area (Å²) in [7, 11) is -7.32. The van der Waals surface area contributed by atoms with Gasteiger partial charge in [0.2, 0.25) is 10.0 Å². The van der Waals surface area contributed by atoms with E-state index < -0.39 is 30.9 Å². The Kier molecular flexibility index (Phi) is 6.92. The zero-order chi connectivity index (χ0) is 20.9. The highest BCUT2D eigenvalue weighted by atomic mass is 32.2. The van der Waals surface area contributed by atoms with Crippen LogP contribution in [0.15, 0.2) is 59.5 Å². The number of ether oxygens (including phenoxy) is 1. The summed E-state index contributed by atoms with van der Waals surface area (Å²) in [5, 5.41) is -0.836. The second-order valence-corrected chi connectivity index (χ2v) is 11.3. The Labute approximate surface area is 171 Å². The van der Waals surface area contributed by atoms with E-state index in [9.17, 15) is 21.2 Å². The van der Waals surface area contributed by atoms with E-state index in [1.165, 1.54) is 16.4 Å². The second kappa shape index (κ2) is 9.23. The quantitative estimate of drug-likeness (QED) is 0.465. The predicted octanol–water partition coefficient (Wildman–Crippen LogP) is 2.86. The third kappa shape index (κ3) is 5.55. The van der Waals surface area contributed by atoms with Crippen molar-refractivity contribution in [3.8, 4) is 5.75 Å². The largest absolute Gasteiger partial charge is 0.494 e. The van der Waals surface area contributed by atoms with Gasteiger partial charge in [0.1, 0.15) is 11.6 Å². The SMILES string of the molecule is O=S(=O)(c1ccc(F)cc1)[C@H]1CCCN(S(=O)(=O)CCCOc2ccccc2)C1. The van der Waals surface area contributed by atoms with Crippen molar-refractivity contribution in [3.63, 3.8) is 0 Å². The van der Waals surface area contributed by atoms with Crippen LogP contribution in [0.1, 0.15) is 19.3 Å². The molecule has 0 spiro atoms. The Balaban J connectivity index is 1.59. The van der Waals surface area contributed by atoms with Crippen molar-refractivity contribution >= 4 is 19.9 Å². The molecule has 6 nitrogen and oxygen atoms in total. The molecule has 0 aromatic heterocycles. The van der Waals surface area contributed by atoms with Crippen LogP contribution in [0.4, 0.5) is 4.39 Å². The summed E-state index contributed by atoms with van der Waals surface area (Å²) in [6.45, 7) is 0.479. The number of rotatable bonds is 8. The van der Waals surface area contributed by atoms with Crippen molar-refractivity contribution in [1.82, 2.24) is 4.31 Å². The Bertz CT molecular complexity index is 1010. The molecular formula is C20H24FNO5S2. The standard InChI is InChI=1S/C20H24FNO5S2/c21-17-9-11-19(12-10-17)29(25,26)20-8-4-13-22(16-20)28(23,24)15-5-14-27-18-6-2-1-3-7-18/h1-3,6-7,9-12,20H,4-5,8,13-16H2/t20-/m0/s1. The molecule has 158 valence electrons. The highest BCUT2D eigenvalue weighted by Crippen LogP contribution is 2.25. The van der Waals surface area contributed by atoms with Gasteiger partial charge in [-0.25, -0.2) is 25.5 Å². The average Bonchev–Trinajstić information content (AvgIpc) is 2.72. The molecule has 3 rings (SSSR count). The number of para-hydroxylation sites is 1. The Hall–Kier alpha value is -1.97. The summed E-state index contributed by atoms with van der Waals surface area (Å²) in [5.74, 6) is 0.0474. The van der Waals surface area contributed by atoms with Crippen LogP contribution in [-0.2, 0) is 19.9 Å². The Morgan fingerprint density at radius 2 is 1.69 bits per heavy atom. The van der Waals surface area contributed by atoms with E-state index in [0.29, 0.717) is 31.6 Å². The molecule has 0 N–H and O–H groups in total. The lowest BCUT2D eigenvalue weighted by Crippen LogP contribution is -2.46. The van der Waals surface area contributed by atoms with Gasteiger partial charge in [-0.1, -0.05) is 18.2 Å². The number of sulfone groups is 1. The van der Waals surface area contributed by atoms with Gasteiger partial charge in [-0.15, -0.1) is 0 Å². The molecule has 1 aliphatic rings. The first-order chi connectivity index (χ1) is 13.8. The van der Waals surface area contributed by atoms with Gasteiger partial charge in [-0.3, -0.25) is 0 Å². The first kappa shape index (κ1) is 21.7. The molecule has 29 heavy (non-hydrogen) atoms. The number of piperidine rings is 1. The van der Waals surface area contributed by atoms with Crippen molar-refractivity contribution in [2.45, 2.75) is 29.4 Å². The molecule has 0 bridgehead atoms. The van der Waals surface area contributed by atoms with Gasteiger partial charge >= 0.3 is 0 Å². The molecule has 1 atom stereocenters. The lowest BCUT2D eigenvalue weighted by molar-refractivity contribution is 0.312. The van der Waals surface area contributed by atoms with E-state index in [0.717, 1.165) is 12.1 Å². The lowest BCUT2D eigenvalue weighted by Gasteiger charge is -2.31. The molecule has 0 radical (unpaired) electrons. The predicted molar refractivity (Wildman–Crippen MR) is 109 cm³/mol.